The molecule has 1 aliphatic rings. The van der Waals surface area contributed by atoms with Gasteiger partial charge in [0, 0.05) is 31.6 Å². The molecule has 9 heteroatoms. The average Bonchev–Trinajstić information content (AvgIpc) is 2.60. The van der Waals surface area contributed by atoms with Crippen LogP contribution in [0.3, 0.4) is 0 Å². The predicted molar refractivity (Wildman–Crippen MR) is 101 cm³/mol. The topological polar surface area (TPSA) is 100 Å². The molecule has 1 unspecified atom stereocenters. The molecule has 1 aromatic heterocycles. The van der Waals surface area contributed by atoms with Gasteiger partial charge in [-0.1, -0.05) is 24.3 Å². The third-order valence-electron chi connectivity index (χ3n) is 4.45. The maximum absolute atomic E-state index is 11.8. The number of hydrogen-bond acceptors (Lipinski definition) is 6. The fourth-order valence-corrected chi connectivity index (χ4v) is 3.94. The van der Waals surface area contributed by atoms with Gasteiger partial charge in [-0.2, -0.15) is 4.31 Å². The molecular formula is C18H23N3O5S. The average molecular weight is 393 g/mol. The van der Waals surface area contributed by atoms with Crippen molar-refractivity contribution in [2.75, 3.05) is 39.0 Å². The van der Waals surface area contributed by atoms with Gasteiger partial charge in [-0.25, -0.2) is 8.42 Å². The number of morpholine rings is 1. The van der Waals surface area contributed by atoms with E-state index in [9.17, 15) is 13.2 Å². The Kier molecular flexibility index (Phi) is 6.05. The van der Waals surface area contributed by atoms with Crippen LogP contribution < -0.4 is 0 Å². The van der Waals surface area contributed by atoms with Crippen molar-refractivity contribution in [3.63, 3.8) is 0 Å². The highest BCUT2D eigenvalue weighted by molar-refractivity contribution is 7.88. The van der Waals surface area contributed by atoms with Crippen molar-refractivity contribution in [1.82, 2.24) is 14.2 Å². The monoisotopic (exact) mass is 393 g/mol. The van der Waals surface area contributed by atoms with Gasteiger partial charge in [-0.3, -0.25) is 14.7 Å². The third-order valence-corrected chi connectivity index (χ3v) is 5.67. The highest BCUT2D eigenvalue weighted by Gasteiger charge is 2.28. The smallest absolute Gasteiger partial charge is 0.318 e. The second-order valence-electron chi connectivity index (χ2n) is 6.67. The molecule has 2 aromatic rings. The molecule has 0 aliphatic carbocycles. The van der Waals surface area contributed by atoms with E-state index in [0.29, 0.717) is 26.2 Å². The molecule has 1 aliphatic heterocycles. The molecule has 8 nitrogen and oxygen atoms in total. The predicted octanol–water partition coefficient (Wildman–Crippen LogP) is 0.782. The summed E-state index contributed by atoms with van der Waals surface area (Å²) < 4.78 is 30.2. The Hall–Kier alpha value is -2.07. The summed E-state index contributed by atoms with van der Waals surface area (Å²) in [5, 5.41) is 10.0. The van der Waals surface area contributed by atoms with Gasteiger partial charge < -0.3 is 9.84 Å². The lowest BCUT2D eigenvalue weighted by atomic mass is 10.2. The molecule has 2 heterocycles. The molecule has 1 saturated heterocycles. The molecule has 1 atom stereocenters. The second kappa shape index (κ2) is 8.30. The van der Waals surface area contributed by atoms with Crippen LogP contribution in [0.15, 0.2) is 36.4 Å². The molecule has 0 radical (unpaired) electrons. The van der Waals surface area contributed by atoms with Crippen LogP contribution in [0, 0.1) is 0 Å². The van der Waals surface area contributed by atoms with Crippen molar-refractivity contribution >= 4 is 26.9 Å². The van der Waals surface area contributed by atoms with Crippen LogP contribution in [0.25, 0.3) is 10.9 Å². The number of aromatic nitrogens is 1. The van der Waals surface area contributed by atoms with Gasteiger partial charge >= 0.3 is 5.97 Å². The molecule has 1 N–H and O–H groups in total. The van der Waals surface area contributed by atoms with Crippen LogP contribution in [-0.4, -0.2) is 78.8 Å². The number of aliphatic carboxylic acids is 1. The van der Waals surface area contributed by atoms with E-state index in [0.717, 1.165) is 27.2 Å². The summed E-state index contributed by atoms with van der Waals surface area (Å²) in [7, 11) is -3.62. The molecule has 3 rings (SSSR count). The zero-order valence-corrected chi connectivity index (χ0v) is 15.9. The van der Waals surface area contributed by atoms with Crippen molar-refractivity contribution in [2.24, 2.45) is 0 Å². The Morgan fingerprint density at radius 2 is 2.11 bits per heavy atom. The molecule has 0 amide bonds. The number of para-hydroxylation sites is 1. The van der Waals surface area contributed by atoms with Gasteiger partial charge in [0.2, 0.25) is 10.0 Å². The first-order valence-corrected chi connectivity index (χ1v) is 10.5. The summed E-state index contributed by atoms with van der Waals surface area (Å²) >= 11 is 0. The fraction of sp³-hybridized carbons (Fsp3) is 0.444. The lowest BCUT2D eigenvalue weighted by Gasteiger charge is -2.34. The Morgan fingerprint density at radius 1 is 1.33 bits per heavy atom. The maximum atomic E-state index is 11.8. The first kappa shape index (κ1) is 19.7. The Balaban J connectivity index is 1.65. The van der Waals surface area contributed by atoms with Gasteiger partial charge in [0.25, 0.3) is 0 Å². The van der Waals surface area contributed by atoms with Crippen molar-refractivity contribution in [2.45, 2.75) is 12.6 Å². The molecule has 146 valence electrons. The second-order valence-corrected chi connectivity index (χ2v) is 8.65. The number of carbonyl (C=O) groups is 1. The number of sulfonamides is 1. The molecule has 27 heavy (non-hydrogen) atoms. The summed E-state index contributed by atoms with van der Waals surface area (Å²) in [6, 6.07) is 11.9. The quantitative estimate of drug-likeness (QED) is 0.742. The van der Waals surface area contributed by atoms with Crippen molar-refractivity contribution < 1.29 is 23.1 Å². The van der Waals surface area contributed by atoms with Gasteiger partial charge in [0.15, 0.2) is 0 Å². The number of nitrogens with zero attached hydrogens (tertiary/aromatic N) is 3. The maximum Gasteiger partial charge on any atom is 0.318 e. The Bertz CT molecular complexity index is 918. The molecule has 1 fully saturated rings. The summed E-state index contributed by atoms with van der Waals surface area (Å²) in [4.78, 5) is 17.8. The minimum Gasteiger partial charge on any atom is -0.480 e. The molecule has 0 bridgehead atoms. The van der Waals surface area contributed by atoms with Crippen molar-refractivity contribution in [3.05, 3.63) is 42.1 Å². The van der Waals surface area contributed by atoms with Gasteiger partial charge in [-0.05, 0) is 12.1 Å². The normalized spacial score (nSPS) is 18.8. The van der Waals surface area contributed by atoms with E-state index in [4.69, 9.17) is 9.84 Å². The molecular weight excluding hydrogens is 370 g/mol. The lowest BCUT2D eigenvalue weighted by Crippen LogP contribution is -2.49. The lowest BCUT2D eigenvalue weighted by molar-refractivity contribution is -0.137. The summed E-state index contributed by atoms with van der Waals surface area (Å²) in [5.41, 5.74) is 1.87. The summed E-state index contributed by atoms with van der Waals surface area (Å²) in [6.45, 7) is 1.77. The highest BCUT2D eigenvalue weighted by atomic mass is 32.2. The van der Waals surface area contributed by atoms with E-state index >= 15 is 0 Å². The molecule has 0 spiro atoms. The van der Waals surface area contributed by atoms with Crippen LogP contribution >= 0.6 is 0 Å². The van der Waals surface area contributed by atoms with E-state index in [-0.39, 0.29) is 12.6 Å². The van der Waals surface area contributed by atoms with Gasteiger partial charge in [0.05, 0.1) is 30.2 Å². The Labute approximate surface area is 158 Å². The first-order valence-electron chi connectivity index (χ1n) is 8.67. The number of fused-ring (bicyclic) bond motifs is 1. The fourth-order valence-electron chi connectivity index (χ4n) is 3.16. The number of ether oxygens (including phenoxy) is 1. The summed E-state index contributed by atoms with van der Waals surface area (Å²) in [6.07, 6.45) is 0.628. The minimum absolute atomic E-state index is 0.0206. The SMILES string of the molecule is CS(=O)(=O)N(CC(=O)O)CC1CN(Cc2ccc3ccccc3n2)CCO1. The van der Waals surface area contributed by atoms with Crippen LogP contribution in [0.5, 0.6) is 0 Å². The molecule has 0 saturated carbocycles. The number of benzene rings is 1. The Morgan fingerprint density at radius 3 is 2.85 bits per heavy atom. The van der Waals surface area contributed by atoms with Crippen molar-refractivity contribution in [3.8, 4) is 0 Å². The largest absolute Gasteiger partial charge is 0.480 e. The van der Waals surface area contributed by atoms with E-state index in [1.54, 1.807) is 0 Å². The number of carboxylic acids is 1. The zero-order chi connectivity index (χ0) is 19.4. The highest BCUT2D eigenvalue weighted by Crippen LogP contribution is 2.15. The first-order chi connectivity index (χ1) is 12.8. The third kappa shape index (κ3) is 5.46. The van der Waals surface area contributed by atoms with Crippen LogP contribution in [0.1, 0.15) is 5.69 Å². The standard InChI is InChI=1S/C18H23N3O5S/c1-27(24,25)21(13-18(22)23)12-16-11-20(8-9-26-16)10-15-7-6-14-4-2-3-5-17(14)19-15/h2-7,16H,8-13H2,1H3,(H,22,23). The number of pyridine rings is 1. The number of carboxylic acid groups (broad SMARTS) is 1. The van der Waals surface area contributed by atoms with E-state index in [1.165, 1.54) is 0 Å². The summed E-state index contributed by atoms with van der Waals surface area (Å²) in [5.74, 6) is -1.19. The number of rotatable bonds is 7. The molecule has 1 aromatic carbocycles. The van der Waals surface area contributed by atoms with E-state index < -0.39 is 22.5 Å². The van der Waals surface area contributed by atoms with Gasteiger partial charge in [0.1, 0.15) is 6.54 Å². The van der Waals surface area contributed by atoms with Crippen LogP contribution in [0.4, 0.5) is 0 Å². The number of hydrogen-bond donors (Lipinski definition) is 1. The zero-order valence-electron chi connectivity index (χ0n) is 15.1. The van der Waals surface area contributed by atoms with Crippen LogP contribution in [-0.2, 0) is 26.1 Å². The minimum atomic E-state index is -3.62. The van der Waals surface area contributed by atoms with Crippen molar-refractivity contribution in [1.29, 1.82) is 0 Å². The van der Waals surface area contributed by atoms with E-state index in [2.05, 4.69) is 9.88 Å². The van der Waals surface area contributed by atoms with Gasteiger partial charge in [-0.15, -0.1) is 0 Å². The van der Waals surface area contributed by atoms with Crippen LogP contribution in [0.2, 0.25) is 0 Å². The van der Waals surface area contributed by atoms with E-state index in [1.807, 2.05) is 36.4 Å².